The molecule has 43 heavy (non-hydrogen) atoms. The van der Waals surface area contributed by atoms with Crippen LogP contribution in [-0.4, -0.2) is 60.5 Å². The van der Waals surface area contributed by atoms with Crippen molar-refractivity contribution in [2.24, 2.45) is 7.05 Å². The smallest absolute Gasteiger partial charge is 0.434 e. The molecule has 2 fully saturated rings. The number of hydrogen-bond acceptors (Lipinski definition) is 9. The second kappa shape index (κ2) is 9.59. The first-order chi connectivity index (χ1) is 20.5. The summed E-state index contributed by atoms with van der Waals surface area (Å²) in [5.41, 5.74) is 0.813. The topological polar surface area (TPSA) is 105 Å². The monoisotopic (exact) mass is 596 g/mol. The lowest BCUT2D eigenvalue weighted by Crippen LogP contribution is -2.57. The number of aliphatic hydroxyl groups is 1. The molecule has 1 aromatic carbocycles. The zero-order chi connectivity index (χ0) is 30.3. The maximum Gasteiger partial charge on any atom is 0.434 e. The maximum absolute atomic E-state index is 15.4. The Balaban J connectivity index is 1.28. The van der Waals surface area contributed by atoms with Crippen LogP contribution in [0.2, 0.25) is 0 Å². The average Bonchev–Trinajstić information content (AvgIpc) is 3.92. The van der Waals surface area contributed by atoms with Crippen molar-refractivity contribution in [3.63, 3.8) is 0 Å². The molecule has 10 nitrogen and oxygen atoms in total. The highest BCUT2D eigenvalue weighted by molar-refractivity contribution is 5.76. The van der Waals surface area contributed by atoms with Crippen LogP contribution in [0.3, 0.4) is 0 Å². The van der Waals surface area contributed by atoms with Crippen LogP contribution in [0.4, 0.5) is 29.1 Å². The van der Waals surface area contributed by atoms with Crippen molar-refractivity contribution in [3.8, 4) is 28.7 Å². The van der Waals surface area contributed by atoms with E-state index in [1.54, 1.807) is 24.2 Å². The Morgan fingerprint density at radius 2 is 1.86 bits per heavy atom. The number of aromatic nitrogens is 6. The van der Waals surface area contributed by atoms with Gasteiger partial charge < -0.3 is 24.2 Å². The molecule has 0 amide bonds. The number of fused-ring (bicyclic) bond motifs is 1. The molecular weight excluding hydrogens is 568 g/mol. The van der Waals surface area contributed by atoms with Crippen LogP contribution in [0.15, 0.2) is 36.9 Å². The molecule has 1 atom stereocenters. The second-order valence-corrected chi connectivity index (χ2v) is 11.4. The molecule has 1 unspecified atom stereocenters. The van der Waals surface area contributed by atoms with E-state index in [1.165, 1.54) is 32.6 Å². The molecule has 2 aliphatic carbocycles. The van der Waals surface area contributed by atoms with Gasteiger partial charge >= 0.3 is 6.18 Å². The Kier molecular flexibility index (Phi) is 6.13. The summed E-state index contributed by atoms with van der Waals surface area (Å²) in [5.74, 6) is 0.761. The van der Waals surface area contributed by atoms with E-state index in [1.807, 2.05) is 4.90 Å². The number of ether oxygens (including phenoxy) is 1. The summed E-state index contributed by atoms with van der Waals surface area (Å²) >= 11 is 0. The molecule has 14 heteroatoms. The van der Waals surface area contributed by atoms with Gasteiger partial charge in [-0.2, -0.15) is 13.2 Å². The van der Waals surface area contributed by atoms with E-state index in [4.69, 9.17) is 9.72 Å². The number of nitrogens with zero attached hydrogens (tertiary/aromatic N) is 8. The Bertz CT molecular complexity index is 1730. The highest BCUT2D eigenvalue weighted by Gasteiger charge is 2.59. The van der Waals surface area contributed by atoms with Crippen molar-refractivity contribution in [2.75, 3.05) is 24.0 Å². The summed E-state index contributed by atoms with van der Waals surface area (Å²) in [7, 11) is 4.70. The molecule has 4 heterocycles. The standard InChI is InChI=1S/C29H28F4N8O2/c1-39-13-20(29(31,32)33)37-24(39)17-7-4-15(10-18(17)30)12-41-25-19(40(2)27(42)28(41)8-9-28)11-34-23(38-25)21-22(16-5-6-16)35-14-36-26(21)43-3/h4,7,10-11,13-14,16,27,42H,5-6,8-9,12H2,1-3H3. The van der Waals surface area contributed by atoms with Crippen molar-refractivity contribution < 1.29 is 27.4 Å². The predicted molar refractivity (Wildman–Crippen MR) is 148 cm³/mol. The van der Waals surface area contributed by atoms with Crippen LogP contribution in [0, 0.1) is 5.82 Å². The molecule has 224 valence electrons. The molecule has 3 aromatic heterocycles. The van der Waals surface area contributed by atoms with Gasteiger partial charge in [0.25, 0.3) is 0 Å². The second-order valence-electron chi connectivity index (χ2n) is 11.4. The zero-order valence-corrected chi connectivity index (χ0v) is 23.6. The van der Waals surface area contributed by atoms with E-state index < -0.39 is 29.5 Å². The fourth-order valence-electron chi connectivity index (χ4n) is 5.95. The van der Waals surface area contributed by atoms with Crippen LogP contribution in [0.25, 0.3) is 22.8 Å². The third-order valence-electron chi connectivity index (χ3n) is 8.54. The third kappa shape index (κ3) is 4.46. The van der Waals surface area contributed by atoms with Gasteiger partial charge in [-0.3, -0.25) is 0 Å². The fourth-order valence-corrected chi connectivity index (χ4v) is 5.95. The van der Waals surface area contributed by atoms with E-state index in [2.05, 4.69) is 19.9 Å². The van der Waals surface area contributed by atoms with Crippen LogP contribution in [0.1, 0.15) is 48.6 Å². The lowest BCUT2D eigenvalue weighted by atomic mass is 10.0. The first-order valence-electron chi connectivity index (χ1n) is 13.9. The number of anilines is 2. The number of aryl methyl sites for hydroxylation is 1. The van der Waals surface area contributed by atoms with Crippen LogP contribution in [0.5, 0.6) is 5.88 Å². The maximum atomic E-state index is 15.4. The fraction of sp³-hybridized carbons (Fsp3) is 0.414. The van der Waals surface area contributed by atoms with Crippen LogP contribution >= 0.6 is 0 Å². The summed E-state index contributed by atoms with van der Waals surface area (Å²) in [4.78, 5) is 25.7. The minimum Gasteiger partial charge on any atom is -0.480 e. The molecule has 1 aliphatic heterocycles. The predicted octanol–water partition coefficient (Wildman–Crippen LogP) is 4.69. The van der Waals surface area contributed by atoms with E-state index in [0.29, 0.717) is 47.2 Å². The number of methoxy groups -OCH3 is 1. The summed E-state index contributed by atoms with van der Waals surface area (Å²) in [6, 6.07) is 4.38. The Morgan fingerprint density at radius 3 is 2.49 bits per heavy atom. The third-order valence-corrected chi connectivity index (χ3v) is 8.54. The number of halogens is 4. The quantitative estimate of drug-likeness (QED) is 0.318. The summed E-state index contributed by atoms with van der Waals surface area (Å²) in [6.07, 6.45) is 1.83. The van der Waals surface area contributed by atoms with Gasteiger partial charge in [0.2, 0.25) is 5.88 Å². The molecule has 4 aromatic rings. The molecule has 1 N–H and O–H groups in total. The Labute approximate surface area is 244 Å². The van der Waals surface area contributed by atoms with Crippen molar-refractivity contribution in [2.45, 2.75) is 56.1 Å². The van der Waals surface area contributed by atoms with Crippen molar-refractivity contribution >= 4 is 11.5 Å². The molecule has 0 radical (unpaired) electrons. The van der Waals surface area contributed by atoms with Gasteiger partial charge in [-0.25, -0.2) is 29.3 Å². The average molecular weight is 597 g/mol. The Hall–Kier alpha value is -4.33. The molecular formula is C29H28F4N8O2. The zero-order valence-electron chi connectivity index (χ0n) is 23.6. The van der Waals surface area contributed by atoms with Crippen molar-refractivity contribution in [3.05, 3.63) is 59.7 Å². The SMILES string of the molecule is COc1ncnc(C2CC2)c1-c1ncc2c(n1)N(Cc1ccc(-c3nc(C(F)(F)F)cn3C)c(F)c1)C1(CC1)C(O)N2C. The number of hydrogen-bond donors (Lipinski definition) is 1. The highest BCUT2D eigenvalue weighted by Crippen LogP contribution is 2.54. The number of likely N-dealkylation sites (N-methyl/N-ethyl adjacent to an activating group) is 1. The van der Waals surface area contributed by atoms with E-state index in [0.717, 1.165) is 29.3 Å². The molecule has 7 rings (SSSR count). The van der Waals surface area contributed by atoms with Crippen molar-refractivity contribution in [1.29, 1.82) is 0 Å². The number of rotatable bonds is 6. The van der Waals surface area contributed by atoms with E-state index in [-0.39, 0.29) is 23.9 Å². The summed E-state index contributed by atoms with van der Waals surface area (Å²) < 4.78 is 61.8. The molecule has 0 saturated heterocycles. The van der Waals surface area contributed by atoms with Gasteiger partial charge in [-0.05, 0) is 43.4 Å². The lowest BCUT2D eigenvalue weighted by Gasteiger charge is -2.46. The van der Waals surface area contributed by atoms with Gasteiger partial charge in [0.05, 0.1) is 30.1 Å². The minimum atomic E-state index is -4.64. The number of imidazole rings is 1. The number of alkyl halides is 3. The molecule has 2 saturated carbocycles. The lowest BCUT2D eigenvalue weighted by molar-refractivity contribution is -0.140. The number of benzene rings is 1. The Morgan fingerprint density at radius 1 is 1.09 bits per heavy atom. The first kappa shape index (κ1) is 27.5. The van der Waals surface area contributed by atoms with E-state index in [9.17, 15) is 18.3 Å². The number of aliphatic hydroxyl groups excluding tert-OH is 1. The summed E-state index contributed by atoms with van der Waals surface area (Å²) in [5, 5.41) is 11.3. The summed E-state index contributed by atoms with van der Waals surface area (Å²) in [6.45, 7) is 0.192. The highest BCUT2D eigenvalue weighted by atomic mass is 19.4. The first-order valence-corrected chi connectivity index (χ1v) is 13.9. The van der Waals surface area contributed by atoms with Crippen LogP contribution in [-0.2, 0) is 19.8 Å². The largest absolute Gasteiger partial charge is 0.480 e. The van der Waals surface area contributed by atoms with Gasteiger partial charge in [0, 0.05) is 32.8 Å². The van der Waals surface area contributed by atoms with Gasteiger partial charge in [-0.15, -0.1) is 0 Å². The normalized spacial score (nSPS) is 19.1. The van der Waals surface area contributed by atoms with Gasteiger partial charge in [0.1, 0.15) is 35.4 Å². The van der Waals surface area contributed by atoms with Crippen LogP contribution < -0.4 is 14.5 Å². The van der Waals surface area contributed by atoms with E-state index >= 15 is 4.39 Å². The molecule has 3 aliphatic rings. The minimum absolute atomic E-state index is 0.0462. The van der Waals surface area contributed by atoms with Gasteiger partial charge in [0.15, 0.2) is 17.3 Å². The van der Waals surface area contributed by atoms with Crippen molar-refractivity contribution in [1.82, 2.24) is 29.5 Å². The molecule has 1 spiro atoms. The van der Waals surface area contributed by atoms with Gasteiger partial charge in [-0.1, -0.05) is 6.07 Å². The molecule has 0 bridgehead atoms.